The van der Waals surface area contributed by atoms with Gasteiger partial charge in [0, 0.05) is 0 Å². The van der Waals surface area contributed by atoms with Crippen molar-refractivity contribution in [3.05, 3.63) is 34.9 Å². The molecule has 0 atom stereocenters. The van der Waals surface area contributed by atoms with Crippen LogP contribution in [0.2, 0.25) is 0 Å². The van der Waals surface area contributed by atoms with Crippen LogP contribution in [0.1, 0.15) is 43.4 Å². The minimum absolute atomic E-state index is 0.304. The molecule has 1 heteroatoms. The van der Waals surface area contributed by atoms with Crippen molar-refractivity contribution in [2.45, 2.75) is 46.0 Å². The molecule has 0 radical (unpaired) electrons. The van der Waals surface area contributed by atoms with Gasteiger partial charge in [0.2, 0.25) is 0 Å². The van der Waals surface area contributed by atoms with Gasteiger partial charge in [-0.3, -0.25) is 0 Å². The fourth-order valence-electron chi connectivity index (χ4n) is 3.19. The van der Waals surface area contributed by atoms with E-state index < -0.39 is 0 Å². The first kappa shape index (κ1) is 12.6. The van der Waals surface area contributed by atoms with E-state index in [4.69, 9.17) is 0 Å². The molecule has 1 nitrogen and oxygen atoms in total. The topological polar surface area (TPSA) is 12.0 Å². The Labute approximate surface area is 106 Å². The van der Waals surface area contributed by atoms with Crippen LogP contribution in [0.25, 0.3) is 0 Å². The lowest BCUT2D eigenvalue weighted by Gasteiger charge is -2.39. The Morgan fingerprint density at radius 3 is 2.41 bits per heavy atom. The highest BCUT2D eigenvalue weighted by atomic mass is 14.9. The molecule has 0 amide bonds. The molecule has 17 heavy (non-hydrogen) atoms. The lowest BCUT2D eigenvalue weighted by molar-refractivity contribution is 0.246. The molecule has 1 aliphatic rings. The van der Waals surface area contributed by atoms with E-state index in [1.54, 1.807) is 5.56 Å². The molecule has 2 rings (SSSR count). The maximum Gasteiger partial charge on any atom is -0.00460 e. The Bertz CT molecular complexity index is 387. The number of nitrogens with one attached hydrogen (secondary N) is 1. The molecule has 1 N–H and O–H groups in total. The van der Waals surface area contributed by atoms with E-state index >= 15 is 0 Å². The highest BCUT2D eigenvalue weighted by Gasteiger charge is 2.33. The highest BCUT2D eigenvalue weighted by Crippen LogP contribution is 2.38. The van der Waals surface area contributed by atoms with Gasteiger partial charge in [-0.25, -0.2) is 0 Å². The van der Waals surface area contributed by atoms with Crippen molar-refractivity contribution >= 4 is 0 Å². The first-order valence-electron chi connectivity index (χ1n) is 6.80. The molecule has 0 unspecified atom stereocenters. The van der Waals surface area contributed by atoms with Crippen molar-refractivity contribution in [3.8, 4) is 0 Å². The van der Waals surface area contributed by atoms with Crippen molar-refractivity contribution < 1.29 is 0 Å². The third kappa shape index (κ3) is 2.55. The maximum atomic E-state index is 3.46. The molecule has 1 aliphatic heterocycles. The third-order valence-corrected chi connectivity index (χ3v) is 4.45. The van der Waals surface area contributed by atoms with Crippen molar-refractivity contribution in [2.24, 2.45) is 5.92 Å². The summed E-state index contributed by atoms with van der Waals surface area (Å²) in [5.74, 6) is 0.809. The van der Waals surface area contributed by atoms with E-state index in [0.717, 1.165) is 5.92 Å². The summed E-state index contributed by atoms with van der Waals surface area (Å²) in [7, 11) is 0. The van der Waals surface area contributed by atoms with Crippen LogP contribution in [0.4, 0.5) is 0 Å². The van der Waals surface area contributed by atoms with Gasteiger partial charge in [0.05, 0.1) is 0 Å². The van der Waals surface area contributed by atoms with Crippen molar-refractivity contribution in [1.82, 2.24) is 5.32 Å². The van der Waals surface area contributed by atoms with Crippen LogP contribution < -0.4 is 5.32 Å². The molecule has 0 spiro atoms. The standard InChI is InChI=1S/C16H25N/c1-12-5-6-13(2)15(11-12)16(3,4)14-7-9-17-10-8-14/h5-6,11,14,17H,7-10H2,1-4H3. The quantitative estimate of drug-likeness (QED) is 0.820. The van der Waals surface area contributed by atoms with Gasteiger partial charge in [0.1, 0.15) is 0 Å². The summed E-state index contributed by atoms with van der Waals surface area (Å²) >= 11 is 0. The van der Waals surface area contributed by atoms with Gasteiger partial charge in [0.15, 0.2) is 0 Å². The Morgan fingerprint density at radius 2 is 1.76 bits per heavy atom. The molecular formula is C16H25N. The van der Waals surface area contributed by atoms with Gasteiger partial charge >= 0.3 is 0 Å². The van der Waals surface area contributed by atoms with Gasteiger partial charge in [-0.05, 0) is 62.2 Å². The zero-order valence-corrected chi connectivity index (χ0v) is 11.6. The number of hydrogen-bond donors (Lipinski definition) is 1. The number of benzene rings is 1. The van der Waals surface area contributed by atoms with E-state index in [1.807, 2.05) is 0 Å². The van der Waals surface area contributed by atoms with Crippen molar-refractivity contribution in [2.75, 3.05) is 13.1 Å². The predicted octanol–water partition coefficient (Wildman–Crippen LogP) is 3.58. The van der Waals surface area contributed by atoms with E-state index in [0.29, 0.717) is 5.41 Å². The molecule has 94 valence electrons. The second-order valence-electron chi connectivity index (χ2n) is 6.06. The minimum Gasteiger partial charge on any atom is -0.317 e. The van der Waals surface area contributed by atoms with Crippen LogP contribution in [0, 0.1) is 19.8 Å². The lowest BCUT2D eigenvalue weighted by atomic mass is 9.68. The summed E-state index contributed by atoms with van der Waals surface area (Å²) in [6.45, 7) is 11.6. The predicted molar refractivity (Wildman–Crippen MR) is 74.5 cm³/mol. The van der Waals surface area contributed by atoms with Gasteiger partial charge in [-0.2, -0.15) is 0 Å². The summed E-state index contributed by atoms with van der Waals surface area (Å²) in [6.07, 6.45) is 2.61. The van der Waals surface area contributed by atoms with Crippen LogP contribution in [0.3, 0.4) is 0 Å². The van der Waals surface area contributed by atoms with E-state index in [2.05, 4.69) is 51.2 Å². The summed E-state index contributed by atoms with van der Waals surface area (Å²) in [5.41, 5.74) is 4.68. The average molecular weight is 231 g/mol. The van der Waals surface area contributed by atoms with Crippen LogP contribution in [0.5, 0.6) is 0 Å². The van der Waals surface area contributed by atoms with Crippen LogP contribution in [-0.4, -0.2) is 13.1 Å². The molecule has 1 heterocycles. The third-order valence-electron chi connectivity index (χ3n) is 4.45. The Kier molecular flexibility index (Phi) is 3.58. The first-order valence-corrected chi connectivity index (χ1v) is 6.80. The fourth-order valence-corrected chi connectivity index (χ4v) is 3.19. The van der Waals surface area contributed by atoms with Gasteiger partial charge in [0.25, 0.3) is 0 Å². The number of aryl methyl sites for hydroxylation is 2. The SMILES string of the molecule is Cc1ccc(C)c(C(C)(C)C2CCNCC2)c1. The fraction of sp³-hybridized carbons (Fsp3) is 0.625. The molecule has 0 aromatic heterocycles. The molecular weight excluding hydrogens is 206 g/mol. The second-order valence-corrected chi connectivity index (χ2v) is 6.06. The van der Waals surface area contributed by atoms with E-state index in [9.17, 15) is 0 Å². The Morgan fingerprint density at radius 1 is 1.12 bits per heavy atom. The summed E-state index contributed by atoms with van der Waals surface area (Å²) in [5, 5.41) is 3.46. The largest absolute Gasteiger partial charge is 0.317 e. The molecule has 1 fully saturated rings. The van der Waals surface area contributed by atoms with Gasteiger partial charge in [-0.15, -0.1) is 0 Å². The van der Waals surface area contributed by atoms with Crippen molar-refractivity contribution in [1.29, 1.82) is 0 Å². The van der Waals surface area contributed by atoms with Gasteiger partial charge < -0.3 is 5.32 Å². The van der Waals surface area contributed by atoms with Crippen molar-refractivity contribution in [3.63, 3.8) is 0 Å². The molecule has 1 aromatic carbocycles. The summed E-state index contributed by atoms with van der Waals surface area (Å²) < 4.78 is 0. The minimum atomic E-state index is 0.304. The first-order chi connectivity index (χ1) is 8.01. The highest BCUT2D eigenvalue weighted by molar-refractivity contribution is 5.36. The zero-order valence-electron chi connectivity index (χ0n) is 11.6. The second kappa shape index (κ2) is 4.81. The molecule has 1 saturated heterocycles. The number of piperidine rings is 1. The molecule has 0 aliphatic carbocycles. The monoisotopic (exact) mass is 231 g/mol. The lowest BCUT2D eigenvalue weighted by Crippen LogP contribution is -2.38. The van der Waals surface area contributed by atoms with E-state index in [-0.39, 0.29) is 0 Å². The summed E-state index contributed by atoms with van der Waals surface area (Å²) in [6, 6.07) is 6.88. The number of hydrogen-bond acceptors (Lipinski definition) is 1. The van der Waals surface area contributed by atoms with Crippen LogP contribution >= 0.6 is 0 Å². The molecule has 1 aromatic rings. The van der Waals surface area contributed by atoms with E-state index in [1.165, 1.54) is 37.1 Å². The normalized spacial score (nSPS) is 18.4. The Hall–Kier alpha value is -0.820. The molecule has 0 saturated carbocycles. The number of rotatable bonds is 2. The summed E-state index contributed by atoms with van der Waals surface area (Å²) in [4.78, 5) is 0. The maximum absolute atomic E-state index is 3.46. The Balaban J connectivity index is 2.32. The molecule has 0 bridgehead atoms. The van der Waals surface area contributed by atoms with Crippen LogP contribution in [-0.2, 0) is 5.41 Å². The average Bonchev–Trinajstić information content (AvgIpc) is 2.33. The van der Waals surface area contributed by atoms with Crippen LogP contribution in [0.15, 0.2) is 18.2 Å². The smallest absolute Gasteiger partial charge is 0.00460 e. The van der Waals surface area contributed by atoms with Gasteiger partial charge in [-0.1, -0.05) is 37.6 Å². The zero-order chi connectivity index (χ0) is 12.5.